The first-order chi connectivity index (χ1) is 20.9. The topological polar surface area (TPSA) is 88.7 Å². The van der Waals surface area contributed by atoms with Gasteiger partial charge in [0.2, 0.25) is 5.91 Å². The van der Waals surface area contributed by atoms with Crippen LogP contribution in [0.4, 0.5) is 4.79 Å². The summed E-state index contributed by atoms with van der Waals surface area (Å²) in [4.78, 5) is 25.5. The molecule has 1 atom stereocenters. The highest BCUT2D eigenvalue weighted by atomic mass is 16.6. The fourth-order valence-corrected chi connectivity index (χ4v) is 5.02. The summed E-state index contributed by atoms with van der Waals surface area (Å²) in [5.74, 6) is 0.311. The van der Waals surface area contributed by atoms with Crippen LogP contribution < -0.4 is 16.0 Å². The van der Waals surface area contributed by atoms with Gasteiger partial charge in [0.25, 0.3) is 0 Å². The second kappa shape index (κ2) is 15.9. The number of benzene rings is 3. The predicted molar refractivity (Wildman–Crippen MR) is 177 cm³/mol. The number of carbonyl (C=O) groups excluding carboxylic acids is 2. The third-order valence-electron chi connectivity index (χ3n) is 8.83. The van der Waals surface area contributed by atoms with Gasteiger partial charge in [-0.25, -0.2) is 4.79 Å². The molecule has 0 aromatic heterocycles. The molecule has 1 unspecified atom stereocenters. The molecule has 0 saturated carbocycles. The summed E-state index contributed by atoms with van der Waals surface area (Å²) in [5, 5.41) is 9.22. The Kier molecular flexibility index (Phi) is 12.6. The smallest absolute Gasteiger partial charge is 0.407 e. The summed E-state index contributed by atoms with van der Waals surface area (Å²) in [5.41, 5.74) is 1.71. The third kappa shape index (κ3) is 9.41. The number of amides is 2. The van der Waals surface area contributed by atoms with Crippen molar-refractivity contribution in [2.45, 2.75) is 72.1 Å². The molecule has 0 fully saturated rings. The molecule has 0 aliphatic carbocycles. The van der Waals surface area contributed by atoms with Crippen LogP contribution in [-0.4, -0.2) is 49.9 Å². The molecule has 0 radical (unpaired) electrons. The van der Waals surface area contributed by atoms with E-state index in [2.05, 4.69) is 87.0 Å². The van der Waals surface area contributed by atoms with Crippen LogP contribution in [0.5, 0.6) is 0 Å². The minimum absolute atomic E-state index is 0.0501. The van der Waals surface area contributed by atoms with Gasteiger partial charge < -0.3 is 20.1 Å². The quantitative estimate of drug-likeness (QED) is 0.126. The monoisotopic (exact) mass is 601 g/mol. The maximum atomic E-state index is 13.0. The molecule has 0 aliphatic heterocycles. The molecule has 3 aromatic carbocycles. The minimum Gasteiger partial charge on any atom is -0.443 e. The molecule has 0 saturated heterocycles. The van der Waals surface area contributed by atoms with Gasteiger partial charge in [-0.2, -0.15) is 0 Å². The number of rotatable bonds is 16. The Morgan fingerprint density at radius 2 is 1.16 bits per heavy atom. The van der Waals surface area contributed by atoms with Gasteiger partial charge in [-0.05, 0) is 48.8 Å². The van der Waals surface area contributed by atoms with Crippen molar-refractivity contribution >= 4 is 12.0 Å². The van der Waals surface area contributed by atoms with E-state index in [4.69, 9.17) is 9.47 Å². The van der Waals surface area contributed by atoms with E-state index in [1.165, 1.54) is 0 Å². The van der Waals surface area contributed by atoms with Gasteiger partial charge in [0.05, 0.1) is 24.8 Å². The normalized spacial score (nSPS) is 12.9. The van der Waals surface area contributed by atoms with Gasteiger partial charge in [0.1, 0.15) is 5.60 Å². The van der Waals surface area contributed by atoms with Crippen molar-refractivity contribution < 1.29 is 19.1 Å². The summed E-state index contributed by atoms with van der Waals surface area (Å²) < 4.78 is 11.7. The average molecular weight is 602 g/mol. The molecule has 0 heterocycles. The molecule has 238 valence electrons. The lowest BCUT2D eigenvalue weighted by molar-refractivity contribution is -0.120. The van der Waals surface area contributed by atoms with Crippen LogP contribution in [0.15, 0.2) is 91.0 Å². The standard InChI is InChI=1S/C37H51N3O4/c1-28(2)36(6,7)29(3)43-26-23-35(4,5)44-34(42)39-25-24-38-33(41)27-40-37(30-17-11-8-12-18-30,31-19-13-9-14-20-31)32-21-15-10-16-22-32/h8-22,28-29,40H,23-27H2,1-7H3,(H,38,41)(H,39,42). The van der Waals surface area contributed by atoms with Gasteiger partial charge in [0.15, 0.2) is 0 Å². The summed E-state index contributed by atoms with van der Waals surface area (Å²) in [6.07, 6.45) is 0.144. The van der Waals surface area contributed by atoms with Crippen LogP contribution in [-0.2, 0) is 19.8 Å². The molecule has 0 bridgehead atoms. The number of hydrogen-bond acceptors (Lipinski definition) is 5. The van der Waals surface area contributed by atoms with Gasteiger partial charge in [-0.1, -0.05) is 119 Å². The van der Waals surface area contributed by atoms with Crippen molar-refractivity contribution in [1.82, 2.24) is 16.0 Å². The molecular weight excluding hydrogens is 550 g/mol. The zero-order valence-corrected chi connectivity index (χ0v) is 27.5. The van der Waals surface area contributed by atoms with Crippen LogP contribution in [0, 0.1) is 11.3 Å². The Morgan fingerprint density at radius 3 is 1.61 bits per heavy atom. The van der Waals surface area contributed by atoms with Crippen LogP contribution in [0.2, 0.25) is 0 Å². The molecule has 3 N–H and O–H groups in total. The van der Waals surface area contributed by atoms with Crippen molar-refractivity contribution in [3.05, 3.63) is 108 Å². The first-order valence-corrected chi connectivity index (χ1v) is 15.7. The first kappa shape index (κ1) is 34.8. The lowest BCUT2D eigenvalue weighted by Crippen LogP contribution is -2.49. The van der Waals surface area contributed by atoms with Crippen molar-refractivity contribution in [3.8, 4) is 0 Å². The van der Waals surface area contributed by atoms with E-state index in [0.717, 1.165) is 16.7 Å². The predicted octanol–water partition coefficient (Wildman–Crippen LogP) is 6.67. The Balaban J connectivity index is 1.52. The average Bonchev–Trinajstić information content (AvgIpc) is 3.00. The Labute approximate surface area is 264 Å². The van der Waals surface area contributed by atoms with Gasteiger partial charge in [-0.15, -0.1) is 0 Å². The molecule has 7 heteroatoms. The minimum atomic E-state index is -0.735. The van der Waals surface area contributed by atoms with Crippen molar-refractivity contribution in [3.63, 3.8) is 0 Å². The van der Waals surface area contributed by atoms with E-state index in [1.54, 1.807) is 0 Å². The van der Waals surface area contributed by atoms with Crippen molar-refractivity contribution in [2.24, 2.45) is 11.3 Å². The summed E-state index contributed by atoms with van der Waals surface area (Å²) in [6.45, 7) is 15.7. The largest absolute Gasteiger partial charge is 0.443 e. The molecule has 3 aromatic rings. The second-order valence-corrected chi connectivity index (χ2v) is 12.9. The van der Waals surface area contributed by atoms with E-state index in [-0.39, 0.29) is 37.1 Å². The lowest BCUT2D eigenvalue weighted by Gasteiger charge is -2.37. The molecule has 3 rings (SSSR count). The Morgan fingerprint density at radius 1 is 0.705 bits per heavy atom. The van der Waals surface area contributed by atoms with Gasteiger partial charge >= 0.3 is 6.09 Å². The number of hydrogen-bond donors (Lipinski definition) is 3. The Bertz CT molecular complexity index is 1200. The zero-order valence-electron chi connectivity index (χ0n) is 27.5. The highest BCUT2D eigenvalue weighted by molar-refractivity contribution is 5.78. The summed E-state index contributed by atoms with van der Waals surface area (Å²) in [6, 6.07) is 30.4. The highest BCUT2D eigenvalue weighted by Crippen LogP contribution is 2.36. The molecule has 2 amide bonds. The van der Waals surface area contributed by atoms with E-state index in [9.17, 15) is 9.59 Å². The summed E-state index contributed by atoms with van der Waals surface area (Å²) in [7, 11) is 0. The van der Waals surface area contributed by atoms with Crippen LogP contribution in [0.1, 0.15) is 71.6 Å². The SMILES string of the molecule is CC(C)C(C)(C)C(C)OCCC(C)(C)OC(=O)NCCNC(=O)CNC(c1ccccc1)(c1ccccc1)c1ccccc1. The molecular formula is C37H51N3O4. The number of alkyl carbamates (subject to hydrolysis) is 1. The number of ether oxygens (including phenoxy) is 2. The maximum Gasteiger partial charge on any atom is 0.407 e. The van der Waals surface area contributed by atoms with Gasteiger partial charge in [-0.3, -0.25) is 10.1 Å². The fraction of sp³-hybridized carbons (Fsp3) is 0.459. The molecule has 0 aliphatic rings. The van der Waals surface area contributed by atoms with E-state index < -0.39 is 17.2 Å². The van der Waals surface area contributed by atoms with Crippen molar-refractivity contribution in [2.75, 3.05) is 26.2 Å². The van der Waals surface area contributed by atoms with Crippen LogP contribution >= 0.6 is 0 Å². The molecule has 0 spiro atoms. The van der Waals surface area contributed by atoms with Gasteiger partial charge in [0, 0.05) is 19.5 Å². The number of carbonyl (C=O) groups is 2. The third-order valence-corrected chi connectivity index (χ3v) is 8.83. The van der Waals surface area contributed by atoms with Crippen LogP contribution in [0.25, 0.3) is 0 Å². The fourth-order valence-electron chi connectivity index (χ4n) is 5.02. The van der Waals surface area contributed by atoms with E-state index in [1.807, 2.05) is 68.4 Å². The second-order valence-electron chi connectivity index (χ2n) is 12.9. The molecule has 44 heavy (non-hydrogen) atoms. The molecule has 7 nitrogen and oxygen atoms in total. The zero-order chi connectivity index (χ0) is 32.2. The van der Waals surface area contributed by atoms with E-state index in [0.29, 0.717) is 18.9 Å². The first-order valence-electron chi connectivity index (χ1n) is 15.7. The van der Waals surface area contributed by atoms with Crippen LogP contribution in [0.3, 0.4) is 0 Å². The van der Waals surface area contributed by atoms with E-state index >= 15 is 0 Å². The Hall–Kier alpha value is -3.68. The lowest BCUT2D eigenvalue weighted by atomic mass is 9.77. The number of nitrogens with one attached hydrogen (secondary N) is 3. The van der Waals surface area contributed by atoms with Crippen molar-refractivity contribution in [1.29, 1.82) is 0 Å². The summed E-state index contributed by atoms with van der Waals surface area (Å²) >= 11 is 0. The maximum absolute atomic E-state index is 13.0. The highest BCUT2D eigenvalue weighted by Gasteiger charge is 2.36.